The van der Waals surface area contributed by atoms with Gasteiger partial charge in [0, 0.05) is 0 Å². The van der Waals surface area contributed by atoms with Crippen LogP contribution in [-0.2, 0) is 19.6 Å². The molecule has 0 heterocycles. The van der Waals surface area contributed by atoms with Crippen LogP contribution in [0.3, 0.4) is 0 Å². The van der Waals surface area contributed by atoms with Crippen molar-refractivity contribution >= 4 is 22.1 Å². The molecule has 0 atom stereocenters. The Morgan fingerprint density at radius 1 is 0.643 bits per heavy atom. The van der Waals surface area contributed by atoms with E-state index in [0.717, 1.165) is 44.6 Å². The van der Waals surface area contributed by atoms with Gasteiger partial charge in [-0.15, -0.1) is 0 Å². The largest absolute Gasteiger partial charge is 0.462 e. The van der Waals surface area contributed by atoms with E-state index in [-0.39, 0.29) is 18.8 Å². The zero-order valence-corrected chi connectivity index (χ0v) is 26.8. The molecule has 1 aromatic rings. The summed E-state index contributed by atoms with van der Waals surface area (Å²) in [4.78, 5) is 25.0. The number of hydrogen-bond donors (Lipinski definition) is 1. The lowest BCUT2D eigenvalue weighted by Crippen LogP contribution is -2.19. The number of unbranched alkanes of at least 4 members (excludes halogenated alkanes) is 14. The Morgan fingerprint density at radius 2 is 1.07 bits per heavy atom. The molecule has 0 saturated heterocycles. The first-order chi connectivity index (χ1) is 20.3. The summed E-state index contributed by atoms with van der Waals surface area (Å²) in [6.07, 6.45) is 28.0. The number of carbonyl (C=O) groups excluding carboxylic acids is 2. The Morgan fingerprint density at radius 3 is 1.52 bits per heavy atom. The quantitative estimate of drug-likeness (QED) is 0.0511. The number of benzene rings is 1. The van der Waals surface area contributed by atoms with Gasteiger partial charge >= 0.3 is 11.9 Å². The van der Waals surface area contributed by atoms with Gasteiger partial charge in [0.2, 0.25) is 0 Å². The van der Waals surface area contributed by atoms with Crippen molar-refractivity contribution in [2.24, 2.45) is 0 Å². The molecule has 0 saturated carbocycles. The summed E-state index contributed by atoms with van der Waals surface area (Å²) in [6.45, 7) is 4.63. The minimum absolute atomic E-state index is 0.0737. The van der Waals surface area contributed by atoms with Crippen LogP contribution in [0.5, 0.6) is 0 Å². The normalized spacial score (nSPS) is 11.9. The van der Waals surface area contributed by atoms with Crippen molar-refractivity contribution in [1.82, 2.24) is 0 Å². The van der Waals surface area contributed by atoms with Gasteiger partial charge in [0.05, 0.1) is 24.3 Å². The lowest BCUT2D eigenvalue weighted by Gasteiger charge is -2.12. The van der Waals surface area contributed by atoms with E-state index in [1.54, 1.807) is 0 Å². The second-order valence-electron chi connectivity index (χ2n) is 10.8. The minimum Gasteiger partial charge on any atom is -0.462 e. The third-order valence-electron chi connectivity index (χ3n) is 7.01. The molecule has 42 heavy (non-hydrogen) atoms. The van der Waals surface area contributed by atoms with Crippen LogP contribution in [0, 0.1) is 0 Å². The van der Waals surface area contributed by atoms with Gasteiger partial charge in [-0.25, -0.2) is 9.59 Å². The predicted octanol–water partition coefficient (Wildman–Crippen LogP) is 9.42. The topological polar surface area (TPSA) is 107 Å². The molecular formula is C34H54O7S. The van der Waals surface area contributed by atoms with Gasteiger partial charge < -0.3 is 9.47 Å². The summed E-state index contributed by atoms with van der Waals surface area (Å²) in [5, 5.41) is 0. The summed E-state index contributed by atoms with van der Waals surface area (Å²) in [7, 11) is -4.76. The SMILES string of the molecule is CCCCCCC/C=C/CCCCOC(=O)c1cccc(S(=O)(=O)O)c1C(=O)OCCCC/C=C/CCCCCCC. The third-order valence-corrected chi connectivity index (χ3v) is 7.90. The number of hydrogen-bond acceptors (Lipinski definition) is 6. The summed E-state index contributed by atoms with van der Waals surface area (Å²) in [5.41, 5.74) is -0.727. The molecule has 238 valence electrons. The van der Waals surface area contributed by atoms with Gasteiger partial charge in [0.25, 0.3) is 10.1 Å². The highest BCUT2D eigenvalue weighted by molar-refractivity contribution is 7.86. The van der Waals surface area contributed by atoms with Crippen LogP contribution in [0.25, 0.3) is 0 Å². The molecule has 7 nitrogen and oxygen atoms in total. The van der Waals surface area contributed by atoms with E-state index in [4.69, 9.17) is 9.47 Å². The van der Waals surface area contributed by atoms with Crippen LogP contribution in [0.15, 0.2) is 47.4 Å². The van der Waals surface area contributed by atoms with Gasteiger partial charge in [-0.1, -0.05) is 95.6 Å². The van der Waals surface area contributed by atoms with Gasteiger partial charge in [-0.3, -0.25) is 4.55 Å². The molecule has 1 rings (SSSR count). The first kappa shape index (κ1) is 37.6. The Kier molecular flexibility index (Phi) is 21.5. The highest BCUT2D eigenvalue weighted by Gasteiger charge is 2.28. The zero-order chi connectivity index (χ0) is 30.9. The monoisotopic (exact) mass is 606 g/mol. The second-order valence-corrected chi connectivity index (χ2v) is 12.2. The van der Waals surface area contributed by atoms with Crippen LogP contribution >= 0.6 is 0 Å². The van der Waals surface area contributed by atoms with Gasteiger partial charge in [0.1, 0.15) is 4.90 Å². The molecule has 0 amide bonds. The van der Waals surface area contributed by atoms with Crippen LogP contribution in [0.1, 0.15) is 150 Å². The molecule has 8 heteroatoms. The summed E-state index contributed by atoms with van der Waals surface area (Å²) < 4.78 is 44.2. The van der Waals surface area contributed by atoms with E-state index in [1.165, 1.54) is 76.3 Å². The maximum Gasteiger partial charge on any atom is 0.340 e. The molecule has 0 fully saturated rings. The van der Waals surface area contributed by atoms with Crippen LogP contribution in [0.4, 0.5) is 0 Å². The van der Waals surface area contributed by atoms with Gasteiger partial charge in [-0.05, 0) is 76.3 Å². The third kappa shape index (κ3) is 17.5. The standard InChI is InChI=1S/C34H54O7S/c1-3-5-7-9-11-13-15-17-19-21-23-28-40-33(35)30-26-25-27-31(42(37,38)39)32(30)34(36)41-29-24-22-20-18-16-14-12-10-8-6-4-2/h15-18,25-27H,3-14,19-24,28-29H2,1-2H3,(H,37,38,39)/b17-15+,18-16+. The van der Waals surface area contributed by atoms with Crippen molar-refractivity contribution in [3.63, 3.8) is 0 Å². The highest BCUT2D eigenvalue weighted by atomic mass is 32.2. The minimum atomic E-state index is -4.76. The average Bonchev–Trinajstić information content (AvgIpc) is 2.97. The lowest BCUT2D eigenvalue weighted by atomic mass is 10.1. The molecule has 1 aromatic carbocycles. The maximum absolute atomic E-state index is 12.9. The van der Waals surface area contributed by atoms with Crippen LogP contribution < -0.4 is 0 Å². The summed E-state index contributed by atoms with van der Waals surface area (Å²) in [5.74, 6) is -1.80. The summed E-state index contributed by atoms with van der Waals surface area (Å²) >= 11 is 0. The molecule has 0 radical (unpaired) electrons. The van der Waals surface area contributed by atoms with Crippen molar-refractivity contribution < 1.29 is 32.0 Å². The number of esters is 2. The van der Waals surface area contributed by atoms with E-state index < -0.39 is 32.5 Å². The molecule has 0 aliphatic rings. The Bertz CT molecular complexity index is 1040. The smallest absolute Gasteiger partial charge is 0.340 e. The van der Waals surface area contributed by atoms with Gasteiger partial charge in [-0.2, -0.15) is 8.42 Å². The second kappa shape index (κ2) is 24.0. The summed E-state index contributed by atoms with van der Waals surface area (Å²) in [6, 6.07) is 3.68. The van der Waals surface area contributed by atoms with Crippen molar-refractivity contribution in [2.45, 2.75) is 134 Å². The molecule has 0 bridgehead atoms. The Hall–Kier alpha value is -2.45. The van der Waals surface area contributed by atoms with Crippen LogP contribution in [0.2, 0.25) is 0 Å². The molecule has 0 aliphatic heterocycles. The number of rotatable bonds is 25. The van der Waals surface area contributed by atoms with E-state index in [0.29, 0.717) is 12.8 Å². The van der Waals surface area contributed by atoms with Crippen molar-refractivity contribution in [3.8, 4) is 0 Å². The van der Waals surface area contributed by atoms with E-state index >= 15 is 0 Å². The fraction of sp³-hybridized carbons (Fsp3) is 0.647. The predicted molar refractivity (Wildman–Crippen MR) is 170 cm³/mol. The Balaban J connectivity index is 2.50. The maximum atomic E-state index is 12.9. The average molecular weight is 607 g/mol. The van der Waals surface area contributed by atoms with E-state index in [1.807, 2.05) is 0 Å². The lowest BCUT2D eigenvalue weighted by molar-refractivity contribution is 0.0447. The molecular weight excluding hydrogens is 552 g/mol. The first-order valence-corrected chi connectivity index (χ1v) is 17.5. The fourth-order valence-corrected chi connectivity index (χ4v) is 5.24. The molecule has 0 unspecified atom stereocenters. The number of ether oxygens (including phenoxy) is 2. The zero-order valence-electron chi connectivity index (χ0n) is 26.0. The molecule has 1 N–H and O–H groups in total. The molecule has 0 aromatic heterocycles. The molecule has 0 spiro atoms. The fourth-order valence-electron chi connectivity index (χ4n) is 4.54. The molecule has 0 aliphatic carbocycles. The first-order valence-electron chi connectivity index (χ1n) is 16.1. The van der Waals surface area contributed by atoms with Crippen molar-refractivity contribution in [1.29, 1.82) is 0 Å². The highest BCUT2D eigenvalue weighted by Crippen LogP contribution is 2.22. The van der Waals surface area contributed by atoms with Crippen LogP contribution in [-0.4, -0.2) is 38.1 Å². The van der Waals surface area contributed by atoms with E-state index in [2.05, 4.69) is 38.2 Å². The Labute approximate surface area is 254 Å². The van der Waals surface area contributed by atoms with Gasteiger partial charge in [0.15, 0.2) is 0 Å². The van der Waals surface area contributed by atoms with E-state index in [9.17, 15) is 22.6 Å². The van der Waals surface area contributed by atoms with Crippen molar-refractivity contribution in [3.05, 3.63) is 53.6 Å². The number of carbonyl (C=O) groups is 2. The van der Waals surface area contributed by atoms with Crippen molar-refractivity contribution in [2.75, 3.05) is 13.2 Å². The number of allylic oxidation sites excluding steroid dienone is 4.